The third-order valence-corrected chi connectivity index (χ3v) is 11.6. The molecule has 312 valence electrons. The van der Waals surface area contributed by atoms with Crippen LogP contribution in [0.15, 0.2) is 201 Å². The molecule has 0 radical (unpaired) electrons. The summed E-state index contributed by atoms with van der Waals surface area (Å²) in [7, 11) is 0. The fourth-order valence-corrected chi connectivity index (χ4v) is 8.71. The van der Waals surface area contributed by atoms with Gasteiger partial charge in [0.15, 0.2) is 52.0 Å². The molecule has 3 aliphatic heterocycles. The van der Waals surface area contributed by atoms with Crippen LogP contribution >= 0.6 is 0 Å². The third-order valence-electron chi connectivity index (χ3n) is 11.6. The average Bonchev–Trinajstić information content (AvgIpc) is 3.38. The number of nitrogens with zero attached hydrogens (tertiary/aromatic N) is 9. The van der Waals surface area contributed by atoms with Crippen molar-refractivity contribution in [1.82, 2.24) is 29.9 Å². The number of hydrogen-bond donors (Lipinski definition) is 0. The topological polar surface area (TPSA) is 115 Å². The highest BCUT2D eigenvalue weighted by molar-refractivity contribution is 5.88. The summed E-state index contributed by atoms with van der Waals surface area (Å²) in [4.78, 5) is 36.7. The largest absolute Gasteiger partial charge is 0.453 e. The van der Waals surface area contributed by atoms with Gasteiger partial charge in [0.1, 0.15) is 17.5 Å². The fraction of sp³-hybridized carbons (Fsp3) is 0. The van der Waals surface area contributed by atoms with Crippen LogP contribution in [0.2, 0.25) is 0 Å². The SMILES string of the molecule is c1ccc2c(c1)Oc1ccccc1N2c1ccnc(-c2cc(-c3nccc(N4c5ccccc5Oc5ccccc54)n3)cc(-c3nccc(N4c5ccccc5Oc5ccccc54)n3)c2)n1. The van der Waals surface area contributed by atoms with Crippen molar-refractivity contribution >= 4 is 51.6 Å². The van der Waals surface area contributed by atoms with Crippen molar-refractivity contribution in [3.63, 3.8) is 0 Å². The summed E-state index contributed by atoms with van der Waals surface area (Å²) in [6.07, 6.45) is 5.33. The van der Waals surface area contributed by atoms with Crippen LogP contribution in [0.4, 0.5) is 51.6 Å². The Morgan fingerprint density at radius 1 is 0.273 bits per heavy atom. The highest BCUT2D eigenvalue weighted by Gasteiger charge is 2.30. The molecule has 0 fully saturated rings. The van der Waals surface area contributed by atoms with Gasteiger partial charge in [0.2, 0.25) is 0 Å². The van der Waals surface area contributed by atoms with E-state index in [9.17, 15) is 0 Å². The van der Waals surface area contributed by atoms with Crippen molar-refractivity contribution in [2.45, 2.75) is 0 Å². The summed E-state index contributed by atoms with van der Waals surface area (Å²) in [5, 5.41) is 0. The van der Waals surface area contributed by atoms with Crippen LogP contribution in [0.3, 0.4) is 0 Å². The van der Waals surface area contributed by atoms with Crippen molar-refractivity contribution in [2.24, 2.45) is 0 Å². The van der Waals surface area contributed by atoms with Gasteiger partial charge in [-0.15, -0.1) is 0 Å². The molecule has 0 saturated carbocycles. The lowest BCUT2D eigenvalue weighted by molar-refractivity contribution is 0.476. The van der Waals surface area contributed by atoms with E-state index in [0.29, 0.717) is 51.6 Å². The second-order valence-electron chi connectivity index (χ2n) is 15.6. The van der Waals surface area contributed by atoms with E-state index in [1.54, 1.807) is 18.6 Å². The van der Waals surface area contributed by atoms with E-state index in [-0.39, 0.29) is 0 Å². The maximum Gasteiger partial charge on any atom is 0.161 e. The molecule has 12 nitrogen and oxygen atoms in total. The lowest BCUT2D eigenvalue weighted by Gasteiger charge is -2.32. The quantitative estimate of drug-likeness (QED) is 0.159. The van der Waals surface area contributed by atoms with Gasteiger partial charge in [0.25, 0.3) is 0 Å². The van der Waals surface area contributed by atoms with Gasteiger partial charge in [0, 0.05) is 35.3 Å². The highest BCUT2D eigenvalue weighted by atomic mass is 16.5. The first-order chi connectivity index (χ1) is 32.7. The fourth-order valence-electron chi connectivity index (χ4n) is 8.71. The summed E-state index contributed by atoms with van der Waals surface area (Å²) in [6.45, 7) is 0. The van der Waals surface area contributed by atoms with Gasteiger partial charge in [0.05, 0.1) is 34.1 Å². The number of ether oxygens (including phenoxy) is 3. The van der Waals surface area contributed by atoms with Crippen molar-refractivity contribution in [1.29, 1.82) is 0 Å². The molecule has 13 rings (SSSR count). The number of benzene rings is 7. The van der Waals surface area contributed by atoms with Gasteiger partial charge < -0.3 is 14.2 Å². The Balaban J connectivity index is 0.976. The van der Waals surface area contributed by atoms with Gasteiger partial charge in [-0.05, 0) is 109 Å². The predicted molar refractivity (Wildman–Crippen MR) is 254 cm³/mol. The molecule has 0 N–H and O–H groups in total. The van der Waals surface area contributed by atoms with Crippen molar-refractivity contribution < 1.29 is 14.2 Å². The van der Waals surface area contributed by atoms with Crippen LogP contribution in [0.25, 0.3) is 34.2 Å². The van der Waals surface area contributed by atoms with E-state index in [0.717, 1.165) is 68.6 Å². The van der Waals surface area contributed by atoms with Gasteiger partial charge in [-0.25, -0.2) is 29.9 Å². The summed E-state index contributed by atoms with van der Waals surface area (Å²) in [6, 6.07) is 59.4. The second kappa shape index (κ2) is 15.1. The normalized spacial score (nSPS) is 12.8. The Bertz CT molecular complexity index is 3030. The molecule has 6 heterocycles. The molecule has 0 bridgehead atoms. The molecule has 12 heteroatoms. The number of para-hydroxylation sites is 12. The van der Waals surface area contributed by atoms with Gasteiger partial charge in [-0.3, -0.25) is 14.7 Å². The van der Waals surface area contributed by atoms with Gasteiger partial charge in [-0.2, -0.15) is 0 Å². The molecular weight excluding hydrogens is 823 g/mol. The summed E-state index contributed by atoms with van der Waals surface area (Å²) >= 11 is 0. The average molecular weight is 856 g/mol. The first-order valence-corrected chi connectivity index (χ1v) is 21.3. The number of anilines is 9. The van der Waals surface area contributed by atoms with Crippen molar-refractivity contribution in [3.8, 4) is 68.7 Å². The molecule has 0 atom stereocenters. The number of hydrogen-bond acceptors (Lipinski definition) is 12. The van der Waals surface area contributed by atoms with E-state index >= 15 is 0 Å². The minimum absolute atomic E-state index is 0.483. The zero-order valence-corrected chi connectivity index (χ0v) is 34.8. The highest BCUT2D eigenvalue weighted by Crippen LogP contribution is 2.52. The van der Waals surface area contributed by atoms with Crippen LogP contribution in [0.5, 0.6) is 34.5 Å². The first kappa shape index (κ1) is 37.2. The molecular formula is C54H33N9O3. The van der Waals surface area contributed by atoms with Crippen LogP contribution in [-0.4, -0.2) is 29.9 Å². The molecule has 3 aromatic heterocycles. The van der Waals surface area contributed by atoms with E-state index in [1.807, 2.05) is 182 Å². The van der Waals surface area contributed by atoms with E-state index in [4.69, 9.17) is 44.1 Å². The standard InChI is InChI=1S/C54H33N9O3/c1-7-19-43-37(13-1)61(38-14-2-8-20-44(38)64-43)49-25-28-55-52(58-49)34-31-35(53-56-29-26-50(59-53)62-39-15-3-9-21-45(39)65-46-22-10-4-16-40(46)62)33-36(32-34)54-57-30-27-51(60-54)63-41-17-5-11-23-47(41)66-48-24-12-6-18-42(48)63/h1-33H. The van der Waals surface area contributed by atoms with Crippen LogP contribution in [0, 0.1) is 0 Å². The zero-order chi connectivity index (χ0) is 43.6. The minimum Gasteiger partial charge on any atom is -0.453 e. The van der Waals surface area contributed by atoms with Crippen molar-refractivity contribution in [3.05, 3.63) is 201 Å². The molecule has 0 unspecified atom stereocenters. The van der Waals surface area contributed by atoms with Crippen LogP contribution in [-0.2, 0) is 0 Å². The Labute approximate surface area is 378 Å². The lowest BCUT2D eigenvalue weighted by atomic mass is 10.0. The van der Waals surface area contributed by atoms with Crippen LogP contribution < -0.4 is 28.9 Å². The van der Waals surface area contributed by atoms with E-state index in [2.05, 4.69) is 14.7 Å². The second-order valence-corrected chi connectivity index (χ2v) is 15.6. The Kier molecular flexibility index (Phi) is 8.52. The molecule has 0 spiro atoms. The summed E-state index contributed by atoms with van der Waals surface area (Å²) in [5.41, 5.74) is 7.33. The minimum atomic E-state index is 0.483. The molecule has 0 aliphatic carbocycles. The maximum absolute atomic E-state index is 6.32. The Morgan fingerprint density at radius 2 is 0.500 bits per heavy atom. The lowest BCUT2D eigenvalue weighted by Crippen LogP contribution is -2.17. The molecule has 10 aromatic rings. The monoisotopic (exact) mass is 855 g/mol. The van der Waals surface area contributed by atoms with E-state index in [1.165, 1.54) is 0 Å². The predicted octanol–water partition coefficient (Wildman–Crippen LogP) is 13.8. The maximum atomic E-state index is 6.32. The van der Waals surface area contributed by atoms with Gasteiger partial charge in [-0.1, -0.05) is 72.8 Å². The third kappa shape index (κ3) is 6.23. The smallest absolute Gasteiger partial charge is 0.161 e. The van der Waals surface area contributed by atoms with Gasteiger partial charge >= 0.3 is 0 Å². The molecule has 0 amide bonds. The first-order valence-electron chi connectivity index (χ1n) is 21.3. The summed E-state index contributed by atoms with van der Waals surface area (Å²) in [5.74, 6) is 7.82. The Morgan fingerprint density at radius 3 is 0.742 bits per heavy atom. The Hall–Kier alpha value is -9.42. The molecule has 3 aliphatic rings. The van der Waals surface area contributed by atoms with Crippen molar-refractivity contribution in [2.75, 3.05) is 14.7 Å². The molecule has 7 aromatic carbocycles. The molecule has 66 heavy (non-hydrogen) atoms. The number of fused-ring (bicyclic) bond motifs is 6. The number of aromatic nitrogens is 6. The van der Waals surface area contributed by atoms with Crippen LogP contribution in [0.1, 0.15) is 0 Å². The number of rotatable bonds is 6. The zero-order valence-electron chi connectivity index (χ0n) is 34.8. The van der Waals surface area contributed by atoms with E-state index < -0.39 is 0 Å². The molecule has 0 saturated heterocycles. The summed E-state index contributed by atoms with van der Waals surface area (Å²) < 4.78 is 19.0.